The van der Waals surface area contributed by atoms with E-state index in [9.17, 15) is 4.79 Å². The number of ether oxygens (including phenoxy) is 1. The second-order valence-electron chi connectivity index (χ2n) is 4.90. The molecule has 0 fully saturated rings. The average molecular weight is 296 g/mol. The first-order valence-corrected chi connectivity index (χ1v) is 7.33. The van der Waals surface area contributed by atoms with Crippen LogP contribution in [-0.2, 0) is 0 Å². The van der Waals surface area contributed by atoms with Crippen molar-refractivity contribution < 1.29 is 9.53 Å². The third-order valence-electron chi connectivity index (χ3n) is 3.15. The molecule has 0 bridgehead atoms. The van der Waals surface area contributed by atoms with Crippen molar-refractivity contribution in [3.63, 3.8) is 0 Å². The Bertz CT molecular complexity index is 666. The molecule has 1 amide bonds. The first kappa shape index (κ1) is 15.8. The van der Waals surface area contributed by atoms with Crippen LogP contribution < -0.4 is 10.2 Å². The van der Waals surface area contributed by atoms with Crippen molar-refractivity contribution in [2.75, 3.05) is 6.61 Å². The van der Waals surface area contributed by atoms with Gasteiger partial charge in [-0.25, -0.2) is 5.43 Å². The van der Waals surface area contributed by atoms with Gasteiger partial charge < -0.3 is 4.74 Å². The number of carbonyl (C=O) groups is 1. The molecule has 4 nitrogen and oxygen atoms in total. The van der Waals surface area contributed by atoms with E-state index in [0.717, 1.165) is 17.5 Å². The summed E-state index contributed by atoms with van der Waals surface area (Å²) in [5.41, 5.74) is 5.10. The van der Waals surface area contributed by atoms with E-state index >= 15 is 0 Å². The van der Waals surface area contributed by atoms with Crippen LogP contribution in [0, 0.1) is 6.92 Å². The molecule has 2 aromatic rings. The topological polar surface area (TPSA) is 50.7 Å². The molecule has 0 aliphatic carbocycles. The van der Waals surface area contributed by atoms with E-state index in [1.54, 1.807) is 24.4 Å². The number of carbonyl (C=O) groups excluding carboxylic acids is 1. The SMILES string of the molecule is CCCOc1ccccc1C(=O)N/N=C/c1ccccc1C. The van der Waals surface area contributed by atoms with Crippen LogP contribution in [0.25, 0.3) is 0 Å². The standard InChI is InChI=1S/C18H20N2O2/c1-3-12-22-17-11-7-6-10-16(17)18(21)20-19-13-15-9-5-4-8-14(15)2/h4-11,13H,3,12H2,1-2H3,(H,20,21)/b19-13+. The van der Waals surface area contributed by atoms with Crippen LogP contribution in [-0.4, -0.2) is 18.7 Å². The number of para-hydroxylation sites is 1. The molecular weight excluding hydrogens is 276 g/mol. The molecule has 0 aliphatic rings. The molecular formula is C18H20N2O2. The zero-order chi connectivity index (χ0) is 15.8. The van der Waals surface area contributed by atoms with E-state index in [-0.39, 0.29) is 5.91 Å². The molecule has 0 heterocycles. The quantitative estimate of drug-likeness (QED) is 0.654. The Morgan fingerprint density at radius 1 is 1.18 bits per heavy atom. The molecule has 1 N–H and O–H groups in total. The van der Waals surface area contributed by atoms with Gasteiger partial charge in [0.1, 0.15) is 5.75 Å². The molecule has 2 rings (SSSR count). The van der Waals surface area contributed by atoms with E-state index in [4.69, 9.17) is 4.74 Å². The maximum atomic E-state index is 12.2. The number of hydrazone groups is 1. The highest BCUT2D eigenvalue weighted by molar-refractivity contribution is 5.97. The molecule has 0 saturated carbocycles. The molecule has 0 saturated heterocycles. The Morgan fingerprint density at radius 3 is 2.68 bits per heavy atom. The molecule has 0 atom stereocenters. The lowest BCUT2D eigenvalue weighted by atomic mass is 10.1. The van der Waals surface area contributed by atoms with Crippen LogP contribution in [0.2, 0.25) is 0 Å². The summed E-state index contributed by atoms with van der Waals surface area (Å²) in [6.07, 6.45) is 2.53. The number of hydrogen-bond acceptors (Lipinski definition) is 3. The second kappa shape index (κ2) is 7.98. The second-order valence-corrected chi connectivity index (χ2v) is 4.90. The number of aryl methyl sites for hydroxylation is 1. The zero-order valence-electron chi connectivity index (χ0n) is 12.9. The number of benzene rings is 2. The van der Waals surface area contributed by atoms with Gasteiger partial charge in [-0.15, -0.1) is 0 Å². The minimum absolute atomic E-state index is 0.281. The fourth-order valence-corrected chi connectivity index (χ4v) is 1.94. The summed E-state index contributed by atoms with van der Waals surface area (Å²) in [4.78, 5) is 12.2. The molecule has 0 radical (unpaired) electrons. The lowest BCUT2D eigenvalue weighted by Gasteiger charge is -2.09. The Morgan fingerprint density at radius 2 is 1.91 bits per heavy atom. The van der Waals surface area contributed by atoms with Gasteiger partial charge >= 0.3 is 0 Å². The minimum atomic E-state index is -0.281. The molecule has 114 valence electrons. The van der Waals surface area contributed by atoms with Gasteiger partial charge in [0.15, 0.2) is 0 Å². The Labute approximate surface area is 130 Å². The summed E-state index contributed by atoms with van der Waals surface area (Å²) in [5.74, 6) is 0.296. The molecule has 0 spiro atoms. The highest BCUT2D eigenvalue weighted by atomic mass is 16.5. The summed E-state index contributed by atoms with van der Waals surface area (Å²) < 4.78 is 5.58. The van der Waals surface area contributed by atoms with E-state index < -0.39 is 0 Å². The predicted molar refractivity (Wildman–Crippen MR) is 88.5 cm³/mol. The highest BCUT2D eigenvalue weighted by Gasteiger charge is 2.10. The first-order chi connectivity index (χ1) is 10.7. The molecule has 0 aliphatic heterocycles. The zero-order valence-corrected chi connectivity index (χ0v) is 12.9. The third kappa shape index (κ3) is 4.19. The lowest BCUT2D eigenvalue weighted by molar-refractivity contribution is 0.0951. The van der Waals surface area contributed by atoms with E-state index in [1.165, 1.54) is 0 Å². The predicted octanol–water partition coefficient (Wildman–Crippen LogP) is 3.55. The minimum Gasteiger partial charge on any atom is -0.493 e. The maximum Gasteiger partial charge on any atom is 0.275 e. The Kier molecular flexibility index (Phi) is 5.72. The van der Waals surface area contributed by atoms with Gasteiger partial charge in [0, 0.05) is 0 Å². The maximum absolute atomic E-state index is 12.2. The van der Waals surface area contributed by atoms with Crippen LogP contribution >= 0.6 is 0 Å². The number of nitrogens with one attached hydrogen (secondary N) is 1. The van der Waals surface area contributed by atoms with Crippen molar-refractivity contribution >= 4 is 12.1 Å². The molecule has 0 unspecified atom stereocenters. The Hall–Kier alpha value is -2.62. The summed E-state index contributed by atoms with van der Waals surface area (Å²) in [7, 11) is 0. The van der Waals surface area contributed by atoms with Crippen molar-refractivity contribution in [1.29, 1.82) is 0 Å². The summed E-state index contributed by atoms with van der Waals surface area (Å²) in [6, 6.07) is 15.0. The van der Waals surface area contributed by atoms with E-state index in [0.29, 0.717) is 17.9 Å². The van der Waals surface area contributed by atoms with E-state index in [2.05, 4.69) is 10.5 Å². The number of nitrogens with zero attached hydrogens (tertiary/aromatic N) is 1. The smallest absolute Gasteiger partial charge is 0.275 e. The Balaban J connectivity index is 2.05. The molecule has 2 aromatic carbocycles. The van der Waals surface area contributed by atoms with Crippen molar-refractivity contribution in [2.45, 2.75) is 20.3 Å². The first-order valence-electron chi connectivity index (χ1n) is 7.33. The van der Waals surface area contributed by atoms with Gasteiger partial charge in [-0.3, -0.25) is 4.79 Å². The number of amides is 1. The van der Waals surface area contributed by atoms with Crippen molar-refractivity contribution in [2.24, 2.45) is 5.10 Å². The van der Waals surface area contributed by atoms with Gasteiger partial charge in [-0.2, -0.15) is 5.10 Å². The third-order valence-corrected chi connectivity index (χ3v) is 3.15. The van der Waals surface area contributed by atoms with Crippen LogP contribution in [0.5, 0.6) is 5.75 Å². The van der Waals surface area contributed by atoms with Crippen molar-refractivity contribution in [3.05, 3.63) is 65.2 Å². The monoisotopic (exact) mass is 296 g/mol. The van der Waals surface area contributed by atoms with Crippen LogP contribution in [0.15, 0.2) is 53.6 Å². The summed E-state index contributed by atoms with van der Waals surface area (Å²) >= 11 is 0. The van der Waals surface area contributed by atoms with Gasteiger partial charge in [0.2, 0.25) is 0 Å². The average Bonchev–Trinajstić information content (AvgIpc) is 2.55. The molecule has 0 aromatic heterocycles. The van der Waals surface area contributed by atoms with Gasteiger partial charge in [0.05, 0.1) is 18.4 Å². The fourth-order valence-electron chi connectivity index (χ4n) is 1.94. The van der Waals surface area contributed by atoms with Crippen molar-refractivity contribution in [1.82, 2.24) is 5.43 Å². The van der Waals surface area contributed by atoms with Crippen molar-refractivity contribution in [3.8, 4) is 5.75 Å². The summed E-state index contributed by atoms with van der Waals surface area (Å²) in [6.45, 7) is 4.60. The largest absolute Gasteiger partial charge is 0.493 e. The number of hydrogen-bond donors (Lipinski definition) is 1. The fraction of sp³-hybridized carbons (Fsp3) is 0.222. The lowest BCUT2D eigenvalue weighted by Crippen LogP contribution is -2.18. The normalized spacial score (nSPS) is 10.6. The summed E-state index contributed by atoms with van der Waals surface area (Å²) in [5, 5.41) is 4.02. The van der Waals surface area contributed by atoms with Gasteiger partial charge in [-0.1, -0.05) is 43.3 Å². The number of rotatable bonds is 6. The van der Waals surface area contributed by atoms with Crippen LogP contribution in [0.3, 0.4) is 0 Å². The molecule has 4 heteroatoms. The molecule has 22 heavy (non-hydrogen) atoms. The van der Waals surface area contributed by atoms with E-state index in [1.807, 2.05) is 44.2 Å². The van der Waals surface area contributed by atoms with Gasteiger partial charge in [-0.05, 0) is 36.6 Å². The van der Waals surface area contributed by atoms with Gasteiger partial charge in [0.25, 0.3) is 5.91 Å². The van der Waals surface area contributed by atoms with Crippen LogP contribution in [0.4, 0.5) is 0 Å². The van der Waals surface area contributed by atoms with Crippen LogP contribution in [0.1, 0.15) is 34.8 Å². The highest BCUT2D eigenvalue weighted by Crippen LogP contribution is 2.17.